The molecule has 0 aromatic heterocycles. The number of aliphatic hydroxyl groups excluding tert-OH is 1. The van der Waals surface area contributed by atoms with Crippen LogP contribution in [0.1, 0.15) is 18.1 Å². The van der Waals surface area contributed by atoms with Gasteiger partial charge in [-0.25, -0.2) is 4.39 Å². The minimum atomic E-state index is -0.625. The molecule has 1 aromatic rings. The van der Waals surface area contributed by atoms with Crippen molar-refractivity contribution in [2.75, 3.05) is 6.54 Å². The van der Waals surface area contributed by atoms with Gasteiger partial charge in [-0.2, -0.15) is 0 Å². The van der Waals surface area contributed by atoms with Crippen LogP contribution in [-0.2, 0) is 0 Å². The van der Waals surface area contributed by atoms with Crippen molar-refractivity contribution in [2.45, 2.75) is 12.5 Å². The van der Waals surface area contributed by atoms with Gasteiger partial charge in [-0.1, -0.05) is 22.0 Å². The van der Waals surface area contributed by atoms with E-state index in [4.69, 9.17) is 5.73 Å². The molecule has 0 radical (unpaired) electrons. The summed E-state index contributed by atoms with van der Waals surface area (Å²) in [4.78, 5) is 0. The average Bonchev–Trinajstić information content (AvgIpc) is 2.04. The Balaban J connectivity index is 2.88. The fourth-order valence-corrected chi connectivity index (χ4v) is 1.70. The average molecular weight is 248 g/mol. The second-order valence-corrected chi connectivity index (χ2v) is 3.61. The highest BCUT2D eigenvalue weighted by atomic mass is 79.9. The van der Waals surface area contributed by atoms with Crippen LogP contribution in [0.5, 0.6) is 0 Å². The van der Waals surface area contributed by atoms with Crippen LogP contribution in [0.25, 0.3) is 0 Å². The van der Waals surface area contributed by atoms with E-state index in [0.29, 0.717) is 23.0 Å². The van der Waals surface area contributed by atoms with Crippen molar-refractivity contribution < 1.29 is 9.50 Å². The molecule has 1 atom stereocenters. The first kappa shape index (κ1) is 10.6. The molecule has 0 aliphatic heterocycles. The van der Waals surface area contributed by atoms with Crippen molar-refractivity contribution in [3.05, 3.63) is 34.1 Å². The van der Waals surface area contributed by atoms with Gasteiger partial charge in [-0.3, -0.25) is 0 Å². The van der Waals surface area contributed by atoms with Crippen molar-refractivity contribution in [3.63, 3.8) is 0 Å². The number of halogens is 2. The van der Waals surface area contributed by atoms with Crippen molar-refractivity contribution in [1.82, 2.24) is 0 Å². The van der Waals surface area contributed by atoms with Gasteiger partial charge >= 0.3 is 0 Å². The number of hydrogen-bond acceptors (Lipinski definition) is 2. The second-order valence-electron chi connectivity index (χ2n) is 2.76. The summed E-state index contributed by atoms with van der Waals surface area (Å²) in [6.07, 6.45) is -0.149. The molecule has 0 bridgehead atoms. The Morgan fingerprint density at radius 2 is 2.23 bits per heavy atom. The largest absolute Gasteiger partial charge is 0.388 e. The SMILES string of the molecule is NCC[C@@H](O)c1ccc(F)cc1Br. The first-order chi connectivity index (χ1) is 6.15. The lowest BCUT2D eigenvalue weighted by atomic mass is 10.1. The molecule has 1 aromatic carbocycles. The Morgan fingerprint density at radius 1 is 1.54 bits per heavy atom. The fourth-order valence-electron chi connectivity index (χ4n) is 1.09. The molecule has 1 rings (SSSR count). The summed E-state index contributed by atoms with van der Waals surface area (Å²) in [6, 6.07) is 4.20. The van der Waals surface area contributed by atoms with Crippen LogP contribution >= 0.6 is 15.9 Å². The minimum absolute atomic E-state index is 0.324. The van der Waals surface area contributed by atoms with E-state index in [1.54, 1.807) is 6.07 Å². The van der Waals surface area contributed by atoms with Gasteiger partial charge in [0, 0.05) is 4.47 Å². The van der Waals surface area contributed by atoms with E-state index in [1.807, 2.05) is 0 Å². The standard InChI is InChI=1S/C9H11BrFNO/c10-8-5-6(11)1-2-7(8)9(13)3-4-12/h1-2,5,9,13H,3-4,12H2/t9-/m1/s1. The monoisotopic (exact) mass is 247 g/mol. The van der Waals surface area contributed by atoms with Gasteiger partial charge in [0.15, 0.2) is 0 Å². The molecular weight excluding hydrogens is 237 g/mol. The van der Waals surface area contributed by atoms with Gasteiger partial charge < -0.3 is 10.8 Å². The molecule has 72 valence electrons. The summed E-state index contributed by atoms with van der Waals surface area (Å²) in [6.45, 7) is 0.408. The second kappa shape index (κ2) is 4.69. The molecular formula is C9H11BrFNO. The van der Waals surface area contributed by atoms with E-state index in [9.17, 15) is 9.50 Å². The van der Waals surface area contributed by atoms with Crippen LogP contribution in [0.4, 0.5) is 4.39 Å². The lowest BCUT2D eigenvalue weighted by Crippen LogP contribution is -2.07. The van der Waals surface area contributed by atoms with E-state index < -0.39 is 6.10 Å². The topological polar surface area (TPSA) is 46.2 Å². The van der Waals surface area contributed by atoms with Gasteiger partial charge in [0.2, 0.25) is 0 Å². The number of aliphatic hydroxyl groups is 1. The first-order valence-corrected chi connectivity index (χ1v) is 4.77. The van der Waals surface area contributed by atoms with Crippen LogP contribution in [0.2, 0.25) is 0 Å². The summed E-state index contributed by atoms with van der Waals surface area (Å²) in [5.74, 6) is -0.324. The highest BCUT2D eigenvalue weighted by Gasteiger charge is 2.10. The zero-order chi connectivity index (χ0) is 9.84. The van der Waals surface area contributed by atoms with E-state index >= 15 is 0 Å². The molecule has 2 nitrogen and oxygen atoms in total. The lowest BCUT2D eigenvalue weighted by molar-refractivity contribution is 0.169. The fraction of sp³-hybridized carbons (Fsp3) is 0.333. The Bertz CT molecular complexity index is 293. The third-order valence-corrected chi connectivity index (χ3v) is 2.45. The van der Waals surface area contributed by atoms with Crippen molar-refractivity contribution in [3.8, 4) is 0 Å². The van der Waals surface area contributed by atoms with Gasteiger partial charge in [-0.15, -0.1) is 0 Å². The van der Waals surface area contributed by atoms with E-state index in [2.05, 4.69) is 15.9 Å². The van der Waals surface area contributed by atoms with Gasteiger partial charge in [0.25, 0.3) is 0 Å². The minimum Gasteiger partial charge on any atom is -0.388 e. The van der Waals surface area contributed by atoms with Gasteiger partial charge in [0.05, 0.1) is 6.10 Å². The van der Waals surface area contributed by atoms with Gasteiger partial charge in [-0.05, 0) is 30.7 Å². The maximum Gasteiger partial charge on any atom is 0.124 e. The Hall–Kier alpha value is -0.450. The molecule has 0 unspecified atom stereocenters. The Morgan fingerprint density at radius 3 is 2.77 bits per heavy atom. The van der Waals surface area contributed by atoms with Crippen LogP contribution in [0.15, 0.2) is 22.7 Å². The van der Waals surface area contributed by atoms with Crippen LogP contribution in [-0.4, -0.2) is 11.7 Å². The van der Waals surface area contributed by atoms with Crippen LogP contribution < -0.4 is 5.73 Å². The van der Waals surface area contributed by atoms with Crippen molar-refractivity contribution in [2.24, 2.45) is 5.73 Å². The Kier molecular flexibility index (Phi) is 3.84. The third-order valence-electron chi connectivity index (χ3n) is 1.76. The highest BCUT2D eigenvalue weighted by Crippen LogP contribution is 2.25. The maximum absolute atomic E-state index is 12.7. The maximum atomic E-state index is 12.7. The molecule has 0 heterocycles. The van der Waals surface area contributed by atoms with E-state index in [-0.39, 0.29) is 5.82 Å². The quantitative estimate of drug-likeness (QED) is 0.858. The molecule has 0 saturated carbocycles. The summed E-state index contributed by atoms with van der Waals surface area (Å²) in [5.41, 5.74) is 5.97. The summed E-state index contributed by atoms with van der Waals surface area (Å²) in [5, 5.41) is 9.56. The molecule has 4 heteroatoms. The highest BCUT2D eigenvalue weighted by molar-refractivity contribution is 9.10. The number of benzene rings is 1. The lowest BCUT2D eigenvalue weighted by Gasteiger charge is -2.11. The number of rotatable bonds is 3. The summed E-state index contributed by atoms with van der Waals surface area (Å²) in [7, 11) is 0. The Labute approximate surface area is 84.7 Å². The molecule has 0 saturated heterocycles. The molecule has 0 amide bonds. The van der Waals surface area contributed by atoms with Gasteiger partial charge in [0.1, 0.15) is 5.82 Å². The van der Waals surface area contributed by atoms with Crippen molar-refractivity contribution in [1.29, 1.82) is 0 Å². The van der Waals surface area contributed by atoms with Crippen molar-refractivity contribution >= 4 is 15.9 Å². The zero-order valence-corrected chi connectivity index (χ0v) is 8.59. The number of nitrogens with two attached hydrogens (primary N) is 1. The summed E-state index contributed by atoms with van der Waals surface area (Å²) < 4.78 is 13.2. The van der Waals surface area contributed by atoms with E-state index in [0.717, 1.165) is 0 Å². The predicted octanol–water partition coefficient (Wildman–Crippen LogP) is 1.97. The molecule has 0 aliphatic rings. The third kappa shape index (κ3) is 2.76. The first-order valence-electron chi connectivity index (χ1n) is 3.98. The molecule has 13 heavy (non-hydrogen) atoms. The molecule has 0 aliphatic carbocycles. The normalized spacial score (nSPS) is 12.9. The van der Waals surface area contributed by atoms with E-state index in [1.165, 1.54) is 12.1 Å². The molecule has 0 fully saturated rings. The summed E-state index contributed by atoms with van der Waals surface area (Å²) >= 11 is 3.18. The zero-order valence-electron chi connectivity index (χ0n) is 7.00. The van der Waals surface area contributed by atoms with Crippen LogP contribution in [0.3, 0.4) is 0 Å². The molecule has 3 N–H and O–H groups in total. The molecule has 0 spiro atoms. The predicted molar refractivity (Wildman–Crippen MR) is 52.7 cm³/mol. The number of hydrogen-bond donors (Lipinski definition) is 2. The smallest absolute Gasteiger partial charge is 0.124 e. The van der Waals surface area contributed by atoms with Crippen LogP contribution in [0, 0.1) is 5.82 Å².